The molecule has 0 spiro atoms. The number of hydrogen-bond donors (Lipinski definition) is 1. The molecule has 10 heavy (non-hydrogen) atoms. The fraction of sp³-hybridized carbons (Fsp3) is 0. The molecule has 2 rings (SSSR count). The van der Waals surface area contributed by atoms with E-state index >= 15 is 0 Å². The summed E-state index contributed by atoms with van der Waals surface area (Å²) in [6, 6.07) is 5.66. The van der Waals surface area contributed by atoms with E-state index in [1.54, 1.807) is 6.20 Å². The van der Waals surface area contributed by atoms with Gasteiger partial charge in [-0.1, -0.05) is 5.16 Å². The fourth-order valence-electron chi connectivity index (χ4n) is 0.838. The molecule has 0 radical (unpaired) electrons. The monoisotopic (exact) mass is 134 g/mol. The van der Waals surface area contributed by atoms with Gasteiger partial charge in [0.25, 0.3) is 0 Å². The molecule has 0 bridgehead atoms. The van der Waals surface area contributed by atoms with Crippen LogP contribution in [0, 0.1) is 0 Å². The van der Waals surface area contributed by atoms with E-state index in [9.17, 15) is 0 Å². The molecule has 3 nitrogen and oxygen atoms in total. The van der Waals surface area contributed by atoms with Gasteiger partial charge in [-0.15, -0.1) is 0 Å². The van der Waals surface area contributed by atoms with Crippen LogP contribution in [0.1, 0.15) is 0 Å². The number of nitrogens with one attached hydrogen (secondary N) is 1. The molecule has 0 amide bonds. The van der Waals surface area contributed by atoms with Crippen molar-refractivity contribution in [2.75, 3.05) is 0 Å². The van der Waals surface area contributed by atoms with Crippen LogP contribution in [0.4, 0.5) is 0 Å². The van der Waals surface area contributed by atoms with E-state index in [2.05, 4.69) is 10.1 Å². The predicted octanol–water partition coefficient (Wildman–Crippen LogP) is 1.67. The van der Waals surface area contributed by atoms with Gasteiger partial charge in [0.2, 0.25) is 0 Å². The quantitative estimate of drug-likeness (QED) is 0.644. The highest BCUT2D eigenvalue weighted by Crippen LogP contribution is 2.14. The molecule has 0 saturated heterocycles. The molecule has 0 atom stereocenters. The molecular formula is C7H6N2O. The Balaban J connectivity index is 2.48. The first-order valence-corrected chi connectivity index (χ1v) is 3.01. The van der Waals surface area contributed by atoms with Crippen LogP contribution in [-0.4, -0.2) is 10.1 Å². The van der Waals surface area contributed by atoms with Gasteiger partial charge in [0, 0.05) is 12.3 Å². The van der Waals surface area contributed by atoms with Crippen molar-refractivity contribution in [2.24, 2.45) is 0 Å². The minimum Gasteiger partial charge on any atom is -0.359 e. The van der Waals surface area contributed by atoms with Gasteiger partial charge in [0.15, 0.2) is 5.76 Å². The third-order valence-corrected chi connectivity index (χ3v) is 1.30. The minimum absolute atomic E-state index is 0.769. The summed E-state index contributed by atoms with van der Waals surface area (Å²) in [5, 5.41) is 3.58. The van der Waals surface area contributed by atoms with E-state index in [0.717, 1.165) is 11.5 Å². The Morgan fingerprint density at radius 2 is 2.40 bits per heavy atom. The zero-order chi connectivity index (χ0) is 6.81. The van der Waals surface area contributed by atoms with Crippen LogP contribution in [-0.2, 0) is 0 Å². The maximum atomic E-state index is 4.90. The van der Waals surface area contributed by atoms with Crippen LogP contribution in [0.2, 0.25) is 0 Å². The topological polar surface area (TPSA) is 41.8 Å². The third-order valence-electron chi connectivity index (χ3n) is 1.30. The van der Waals surface area contributed by atoms with Gasteiger partial charge in [-0.05, 0) is 12.1 Å². The number of rotatable bonds is 1. The summed E-state index contributed by atoms with van der Waals surface area (Å²) in [6.07, 6.45) is 3.47. The largest absolute Gasteiger partial charge is 0.359 e. The third kappa shape index (κ3) is 0.719. The standard InChI is InChI=1S/C7H6N2O/c1-2-6(8-4-1)7-3-5-9-10-7/h1-5,8H. The summed E-state index contributed by atoms with van der Waals surface area (Å²) >= 11 is 0. The van der Waals surface area contributed by atoms with E-state index in [4.69, 9.17) is 4.52 Å². The number of aromatic nitrogens is 2. The highest BCUT2D eigenvalue weighted by atomic mass is 16.5. The molecule has 1 N–H and O–H groups in total. The van der Waals surface area contributed by atoms with Gasteiger partial charge in [-0.3, -0.25) is 0 Å². The fourth-order valence-corrected chi connectivity index (χ4v) is 0.838. The van der Waals surface area contributed by atoms with Crippen LogP contribution in [0.15, 0.2) is 35.1 Å². The molecule has 0 fully saturated rings. The molecule has 0 aliphatic carbocycles. The average molecular weight is 134 g/mol. The molecule has 0 aliphatic heterocycles. The highest BCUT2D eigenvalue weighted by molar-refractivity contribution is 5.50. The maximum absolute atomic E-state index is 4.90. The van der Waals surface area contributed by atoms with E-state index in [1.807, 2.05) is 24.4 Å². The first kappa shape index (κ1) is 5.29. The molecule has 50 valence electrons. The smallest absolute Gasteiger partial charge is 0.182 e. The van der Waals surface area contributed by atoms with Crippen LogP contribution in [0.5, 0.6) is 0 Å². The van der Waals surface area contributed by atoms with Crippen molar-refractivity contribution >= 4 is 0 Å². The Morgan fingerprint density at radius 3 is 3.00 bits per heavy atom. The van der Waals surface area contributed by atoms with Gasteiger partial charge in [-0.2, -0.15) is 0 Å². The Labute approximate surface area is 57.7 Å². The van der Waals surface area contributed by atoms with Gasteiger partial charge in [0.05, 0.1) is 11.9 Å². The van der Waals surface area contributed by atoms with Gasteiger partial charge < -0.3 is 9.51 Å². The summed E-state index contributed by atoms with van der Waals surface area (Å²) in [6.45, 7) is 0. The molecule has 2 heterocycles. The van der Waals surface area contributed by atoms with E-state index in [-0.39, 0.29) is 0 Å². The van der Waals surface area contributed by atoms with Gasteiger partial charge in [-0.25, -0.2) is 0 Å². The number of hydrogen-bond acceptors (Lipinski definition) is 2. The summed E-state index contributed by atoms with van der Waals surface area (Å²) in [5.41, 5.74) is 0.956. The van der Waals surface area contributed by atoms with Gasteiger partial charge in [0.1, 0.15) is 0 Å². The number of aromatic amines is 1. The SMILES string of the molecule is c1c[nH]c(-c2ccno2)c1. The van der Waals surface area contributed by atoms with Crippen LogP contribution in [0.25, 0.3) is 11.5 Å². The van der Waals surface area contributed by atoms with Crippen molar-refractivity contribution in [3.63, 3.8) is 0 Å². The zero-order valence-corrected chi connectivity index (χ0v) is 5.24. The second kappa shape index (κ2) is 2.02. The van der Waals surface area contributed by atoms with Crippen molar-refractivity contribution in [3.8, 4) is 11.5 Å². The van der Waals surface area contributed by atoms with Crippen LogP contribution in [0.3, 0.4) is 0 Å². The number of H-pyrrole nitrogens is 1. The van der Waals surface area contributed by atoms with E-state index in [1.165, 1.54) is 0 Å². The summed E-state index contributed by atoms with van der Waals surface area (Å²) < 4.78 is 4.90. The summed E-state index contributed by atoms with van der Waals surface area (Å²) in [4.78, 5) is 3.01. The van der Waals surface area contributed by atoms with Crippen LogP contribution < -0.4 is 0 Å². The minimum atomic E-state index is 0.769. The maximum Gasteiger partial charge on any atom is 0.182 e. The normalized spacial score (nSPS) is 10.0. The lowest BCUT2D eigenvalue weighted by Gasteiger charge is -1.84. The molecule has 0 saturated carbocycles. The Hall–Kier alpha value is -1.51. The molecular weight excluding hydrogens is 128 g/mol. The number of nitrogens with zero attached hydrogens (tertiary/aromatic N) is 1. The Morgan fingerprint density at radius 1 is 1.40 bits per heavy atom. The lowest BCUT2D eigenvalue weighted by atomic mass is 10.3. The molecule has 0 aromatic carbocycles. The van der Waals surface area contributed by atoms with Crippen molar-refractivity contribution in [3.05, 3.63) is 30.6 Å². The average Bonchev–Trinajstić information content (AvgIpc) is 2.59. The summed E-state index contributed by atoms with van der Waals surface area (Å²) in [5.74, 6) is 0.769. The van der Waals surface area contributed by atoms with Crippen molar-refractivity contribution in [1.29, 1.82) is 0 Å². The first-order valence-electron chi connectivity index (χ1n) is 3.01. The van der Waals surface area contributed by atoms with Crippen molar-refractivity contribution in [2.45, 2.75) is 0 Å². The summed E-state index contributed by atoms with van der Waals surface area (Å²) in [7, 11) is 0. The van der Waals surface area contributed by atoms with Crippen molar-refractivity contribution < 1.29 is 4.52 Å². The lowest BCUT2D eigenvalue weighted by Crippen LogP contribution is -1.68. The second-order valence-electron chi connectivity index (χ2n) is 1.96. The zero-order valence-electron chi connectivity index (χ0n) is 5.24. The first-order chi connectivity index (χ1) is 4.97. The molecule has 2 aromatic rings. The van der Waals surface area contributed by atoms with Crippen LogP contribution >= 0.6 is 0 Å². The highest BCUT2D eigenvalue weighted by Gasteiger charge is 1.98. The molecule has 3 heteroatoms. The molecule has 0 unspecified atom stereocenters. The molecule has 2 aromatic heterocycles. The molecule has 0 aliphatic rings. The second-order valence-corrected chi connectivity index (χ2v) is 1.96. The van der Waals surface area contributed by atoms with Gasteiger partial charge >= 0.3 is 0 Å². The van der Waals surface area contributed by atoms with Crippen molar-refractivity contribution in [1.82, 2.24) is 10.1 Å². The Kier molecular flexibility index (Phi) is 1.07. The van der Waals surface area contributed by atoms with E-state index in [0.29, 0.717) is 0 Å². The van der Waals surface area contributed by atoms with E-state index < -0.39 is 0 Å². The lowest BCUT2D eigenvalue weighted by molar-refractivity contribution is 0.431. The Bertz CT molecular complexity index is 251. The predicted molar refractivity (Wildman–Crippen MR) is 36.3 cm³/mol.